The number of halogens is 3. The molecule has 1 fully saturated rings. The molecule has 0 saturated carbocycles. The Morgan fingerprint density at radius 1 is 1.04 bits per heavy atom. The first-order valence-corrected chi connectivity index (χ1v) is 9.64. The molecule has 1 unspecified atom stereocenters. The molecule has 2 aromatic carbocycles. The molecule has 0 radical (unpaired) electrons. The third kappa shape index (κ3) is 6.84. The van der Waals surface area contributed by atoms with E-state index in [-0.39, 0.29) is 5.92 Å². The average Bonchev–Trinajstić information content (AvgIpc) is 3.08. The lowest BCUT2D eigenvalue weighted by Crippen LogP contribution is -2.33. The minimum absolute atomic E-state index is 0.277. The summed E-state index contributed by atoms with van der Waals surface area (Å²) >= 11 is 0. The lowest BCUT2D eigenvalue weighted by atomic mass is 10.1. The van der Waals surface area contributed by atoms with Crippen molar-refractivity contribution in [2.45, 2.75) is 32.7 Å². The first kappa shape index (κ1) is 20.7. The summed E-state index contributed by atoms with van der Waals surface area (Å²) < 4.78 is 43.1. The van der Waals surface area contributed by atoms with Gasteiger partial charge in [0.1, 0.15) is 12.4 Å². The molecular formula is C22H27F3N2O. The molecular weight excluding hydrogens is 365 g/mol. The van der Waals surface area contributed by atoms with Crippen LogP contribution in [0.15, 0.2) is 48.5 Å². The quantitative estimate of drug-likeness (QED) is 0.713. The molecule has 0 amide bonds. The third-order valence-electron chi connectivity index (χ3n) is 4.98. The van der Waals surface area contributed by atoms with Crippen molar-refractivity contribution in [1.82, 2.24) is 10.2 Å². The maximum absolute atomic E-state index is 12.4. The van der Waals surface area contributed by atoms with Crippen molar-refractivity contribution >= 4 is 0 Å². The van der Waals surface area contributed by atoms with E-state index in [1.165, 1.54) is 10.5 Å². The second-order valence-corrected chi connectivity index (χ2v) is 7.55. The first-order chi connectivity index (χ1) is 13.4. The van der Waals surface area contributed by atoms with Gasteiger partial charge in [-0.2, -0.15) is 13.2 Å². The Kier molecular flexibility index (Phi) is 6.97. The van der Waals surface area contributed by atoms with E-state index < -0.39 is 12.7 Å². The van der Waals surface area contributed by atoms with Crippen molar-refractivity contribution < 1.29 is 17.9 Å². The van der Waals surface area contributed by atoms with Crippen LogP contribution in [0.5, 0.6) is 5.75 Å². The van der Waals surface area contributed by atoms with Gasteiger partial charge in [0.25, 0.3) is 0 Å². The zero-order valence-corrected chi connectivity index (χ0v) is 16.1. The minimum Gasteiger partial charge on any atom is -0.489 e. The van der Waals surface area contributed by atoms with E-state index in [0.717, 1.165) is 29.8 Å². The zero-order chi connectivity index (χ0) is 20.0. The Balaban J connectivity index is 1.36. The van der Waals surface area contributed by atoms with Crippen molar-refractivity contribution in [3.8, 4) is 5.75 Å². The molecule has 28 heavy (non-hydrogen) atoms. The van der Waals surface area contributed by atoms with Crippen molar-refractivity contribution in [3.63, 3.8) is 0 Å². The molecule has 0 bridgehead atoms. The van der Waals surface area contributed by atoms with Gasteiger partial charge in [-0.05, 0) is 55.6 Å². The molecule has 0 aliphatic carbocycles. The van der Waals surface area contributed by atoms with Gasteiger partial charge in [0.05, 0.1) is 6.54 Å². The van der Waals surface area contributed by atoms with Gasteiger partial charge < -0.3 is 10.1 Å². The molecule has 1 heterocycles. The fourth-order valence-electron chi connectivity index (χ4n) is 3.45. The number of nitrogens with one attached hydrogen (secondary N) is 1. The summed E-state index contributed by atoms with van der Waals surface area (Å²) in [6, 6.07) is 16.2. The topological polar surface area (TPSA) is 24.5 Å². The molecule has 1 aliphatic rings. The normalized spacial score (nSPS) is 17.8. The van der Waals surface area contributed by atoms with E-state index >= 15 is 0 Å². The maximum atomic E-state index is 12.4. The van der Waals surface area contributed by atoms with Gasteiger partial charge in [0, 0.05) is 13.1 Å². The molecule has 1 aliphatic heterocycles. The number of nitrogens with zero attached hydrogens (tertiary/aromatic N) is 1. The summed E-state index contributed by atoms with van der Waals surface area (Å²) in [6.07, 6.45) is -3.29. The van der Waals surface area contributed by atoms with E-state index in [2.05, 4.69) is 36.5 Å². The van der Waals surface area contributed by atoms with Crippen LogP contribution in [0, 0.1) is 12.8 Å². The number of hydrogen-bond donors (Lipinski definition) is 1. The predicted octanol–water partition coefficient (Wildman–Crippen LogP) is 4.55. The summed E-state index contributed by atoms with van der Waals surface area (Å²) in [5.74, 6) is 1.10. The monoisotopic (exact) mass is 392 g/mol. The molecule has 1 saturated heterocycles. The molecule has 0 spiro atoms. The van der Waals surface area contributed by atoms with Crippen LogP contribution >= 0.6 is 0 Å². The van der Waals surface area contributed by atoms with Crippen LogP contribution in [0.25, 0.3) is 0 Å². The lowest BCUT2D eigenvalue weighted by molar-refractivity contribution is -0.143. The SMILES string of the molecule is Cc1ccc(COc2ccc(CNCC3CCN(CC(F)(F)F)C3)cc2)cc1. The molecule has 152 valence electrons. The summed E-state index contributed by atoms with van der Waals surface area (Å²) in [4.78, 5) is 1.49. The van der Waals surface area contributed by atoms with Gasteiger partial charge in [0.15, 0.2) is 0 Å². The third-order valence-corrected chi connectivity index (χ3v) is 4.98. The van der Waals surface area contributed by atoms with Crippen LogP contribution in [-0.4, -0.2) is 37.3 Å². The van der Waals surface area contributed by atoms with Gasteiger partial charge >= 0.3 is 6.18 Å². The van der Waals surface area contributed by atoms with Gasteiger partial charge in [-0.25, -0.2) is 0 Å². The number of benzene rings is 2. The number of likely N-dealkylation sites (tertiary alicyclic amines) is 1. The highest BCUT2D eigenvalue weighted by atomic mass is 19.4. The highest BCUT2D eigenvalue weighted by Gasteiger charge is 2.34. The second-order valence-electron chi connectivity index (χ2n) is 7.55. The van der Waals surface area contributed by atoms with E-state index in [9.17, 15) is 13.2 Å². The predicted molar refractivity (Wildman–Crippen MR) is 104 cm³/mol. The maximum Gasteiger partial charge on any atom is 0.401 e. The van der Waals surface area contributed by atoms with Crippen LogP contribution in [0.4, 0.5) is 13.2 Å². The molecule has 3 nitrogen and oxygen atoms in total. The zero-order valence-electron chi connectivity index (χ0n) is 16.1. The molecule has 3 rings (SSSR count). The molecule has 1 atom stereocenters. The smallest absolute Gasteiger partial charge is 0.401 e. The average molecular weight is 392 g/mol. The van der Waals surface area contributed by atoms with E-state index in [0.29, 0.717) is 26.2 Å². The number of rotatable bonds is 8. The fraction of sp³-hybridized carbons (Fsp3) is 0.455. The Morgan fingerprint density at radius 2 is 1.71 bits per heavy atom. The van der Waals surface area contributed by atoms with Crippen molar-refractivity contribution in [1.29, 1.82) is 0 Å². The number of hydrogen-bond acceptors (Lipinski definition) is 3. The van der Waals surface area contributed by atoms with Crippen molar-refractivity contribution in [2.24, 2.45) is 5.92 Å². The molecule has 6 heteroatoms. The van der Waals surface area contributed by atoms with Gasteiger partial charge in [-0.1, -0.05) is 42.0 Å². The fourth-order valence-corrected chi connectivity index (χ4v) is 3.45. The molecule has 0 aromatic heterocycles. The highest BCUT2D eigenvalue weighted by molar-refractivity contribution is 5.28. The molecule has 2 aromatic rings. The van der Waals surface area contributed by atoms with Crippen LogP contribution in [0.3, 0.4) is 0 Å². The van der Waals surface area contributed by atoms with E-state index in [1.807, 2.05) is 24.3 Å². The Bertz CT molecular complexity index is 729. The second kappa shape index (κ2) is 9.43. The van der Waals surface area contributed by atoms with Crippen LogP contribution in [0.2, 0.25) is 0 Å². The van der Waals surface area contributed by atoms with E-state index in [4.69, 9.17) is 4.74 Å². The highest BCUT2D eigenvalue weighted by Crippen LogP contribution is 2.22. The van der Waals surface area contributed by atoms with Gasteiger partial charge in [-0.15, -0.1) is 0 Å². The number of aryl methyl sites for hydroxylation is 1. The lowest BCUT2D eigenvalue weighted by Gasteiger charge is -2.18. The Hall–Kier alpha value is -2.05. The van der Waals surface area contributed by atoms with Gasteiger partial charge in [0.2, 0.25) is 0 Å². The van der Waals surface area contributed by atoms with Gasteiger partial charge in [-0.3, -0.25) is 4.90 Å². The number of alkyl halides is 3. The molecule has 1 N–H and O–H groups in total. The van der Waals surface area contributed by atoms with Crippen molar-refractivity contribution in [2.75, 3.05) is 26.2 Å². The largest absolute Gasteiger partial charge is 0.489 e. The Morgan fingerprint density at radius 3 is 2.39 bits per heavy atom. The summed E-state index contributed by atoms with van der Waals surface area (Å²) in [6.45, 7) is 4.27. The van der Waals surface area contributed by atoms with Crippen molar-refractivity contribution in [3.05, 3.63) is 65.2 Å². The summed E-state index contributed by atoms with van der Waals surface area (Å²) in [5, 5.41) is 3.36. The standard InChI is InChI=1S/C22H27F3N2O/c1-17-2-4-19(5-3-17)15-28-21-8-6-18(7-9-21)12-26-13-20-10-11-27(14-20)16-22(23,24)25/h2-9,20,26H,10-16H2,1H3. The minimum atomic E-state index is -4.11. The summed E-state index contributed by atoms with van der Waals surface area (Å²) in [5.41, 5.74) is 3.49. The van der Waals surface area contributed by atoms with Crippen LogP contribution < -0.4 is 10.1 Å². The van der Waals surface area contributed by atoms with Crippen LogP contribution in [-0.2, 0) is 13.2 Å². The van der Waals surface area contributed by atoms with Crippen LogP contribution in [0.1, 0.15) is 23.1 Å². The van der Waals surface area contributed by atoms with E-state index in [1.54, 1.807) is 0 Å². The first-order valence-electron chi connectivity index (χ1n) is 9.64. The number of ether oxygens (including phenoxy) is 1. The Labute approximate surface area is 164 Å². The summed E-state index contributed by atoms with van der Waals surface area (Å²) in [7, 11) is 0.